The first kappa shape index (κ1) is 14.9. The van der Waals surface area contributed by atoms with E-state index in [4.69, 9.17) is 11.1 Å². The maximum Gasteiger partial charge on any atom is 0.124 e. The highest BCUT2D eigenvalue weighted by atomic mass is 15.1. The number of hydrogen-bond donors (Lipinski definition) is 2. The van der Waals surface area contributed by atoms with Gasteiger partial charge in [0.1, 0.15) is 5.84 Å². The molecular formula is C17H27N3. The maximum atomic E-state index is 7.79. The number of nitrogen functional groups attached to an aromatic ring is 1. The van der Waals surface area contributed by atoms with Gasteiger partial charge in [0, 0.05) is 18.7 Å². The molecule has 1 aromatic carbocycles. The standard InChI is InChI=1S/C17H27N3/c1-4-17(5-2)9-11-20(12-10-17)15-13(3)7-6-8-14(15)16(18)19/h6-8H,4-5,9-12H2,1-3H3,(H3,18,19). The van der Waals surface area contributed by atoms with Crippen molar-refractivity contribution in [1.29, 1.82) is 5.41 Å². The normalized spacial score (nSPS) is 18.1. The Labute approximate surface area is 122 Å². The lowest BCUT2D eigenvalue weighted by Crippen LogP contribution is -2.40. The van der Waals surface area contributed by atoms with Crippen LogP contribution < -0.4 is 10.6 Å². The van der Waals surface area contributed by atoms with E-state index < -0.39 is 0 Å². The van der Waals surface area contributed by atoms with Crippen molar-refractivity contribution >= 4 is 11.5 Å². The van der Waals surface area contributed by atoms with Gasteiger partial charge in [0.05, 0.1) is 5.69 Å². The van der Waals surface area contributed by atoms with Gasteiger partial charge in [-0.1, -0.05) is 38.8 Å². The van der Waals surface area contributed by atoms with E-state index in [1.54, 1.807) is 0 Å². The Balaban J connectivity index is 2.25. The summed E-state index contributed by atoms with van der Waals surface area (Å²) >= 11 is 0. The minimum absolute atomic E-state index is 0.173. The number of nitrogens with two attached hydrogens (primary N) is 1. The first-order chi connectivity index (χ1) is 9.53. The molecule has 110 valence electrons. The fraction of sp³-hybridized carbons (Fsp3) is 0.588. The molecule has 1 saturated heterocycles. The van der Waals surface area contributed by atoms with Gasteiger partial charge < -0.3 is 10.6 Å². The number of rotatable bonds is 4. The van der Waals surface area contributed by atoms with Crippen LogP contribution in [-0.4, -0.2) is 18.9 Å². The largest absolute Gasteiger partial charge is 0.384 e. The summed E-state index contributed by atoms with van der Waals surface area (Å²) in [6.45, 7) is 8.89. The molecule has 20 heavy (non-hydrogen) atoms. The molecule has 3 heteroatoms. The number of nitrogens with one attached hydrogen (secondary N) is 1. The van der Waals surface area contributed by atoms with E-state index in [9.17, 15) is 0 Å². The lowest BCUT2D eigenvalue weighted by atomic mass is 9.74. The zero-order valence-electron chi connectivity index (χ0n) is 13.0. The molecule has 3 N–H and O–H groups in total. The van der Waals surface area contributed by atoms with E-state index in [2.05, 4.69) is 31.7 Å². The van der Waals surface area contributed by atoms with Crippen molar-refractivity contribution in [3.05, 3.63) is 29.3 Å². The second-order valence-electron chi connectivity index (χ2n) is 6.08. The molecule has 0 aliphatic carbocycles. The molecule has 0 aromatic heterocycles. The first-order valence-corrected chi connectivity index (χ1v) is 7.72. The summed E-state index contributed by atoms with van der Waals surface area (Å²) in [5, 5.41) is 7.79. The number of para-hydroxylation sites is 1. The van der Waals surface area contributed by atoms with Crippen molar-refractivity contribution in [3.63, 3.8) is 0 Å². The maximum absolute atomic E-state index is 7.79. The zero-order valence-corrected chi connectivity index (χ0v) is 13.0. The first-order valence-electron chi connectivity index (χ1n) is 7.72. The van der Waals surface area contributed by atoms with Crippen LogP contribution in [0.3, 0.4) is 0 Å². The Morgan fingerprint density at radius 3 is 2.35 bits per heavy atom. The third-order valence-corrected chi connectivity index (χ3v) is 5.17. The molecule has 1 aliphatic heterocycles. The van der Waals surface area contributed by atoms with Crippen molar-refractivity contribution in [2.45, 2.75) is 46.5 Å². The minimum atomic E-state index is 0.173. The molecule has 0 unspecified atom stereocenters. The molecule has 1 heterocycles. The number of benzene rings is 1. The van der Waals surface area contributed by atoms with E-state index in [0.29, 0.717) is 5.41 Å². The number of piperidine rings is 1. The van der Waals surface area contributed by atoms with Gasteiger partial charge in [0.25, 0.3) is 0 Å². The highest BCUT2D eigenvalue weighted by molar-refractivity contribution is 6.01. The molecule has 1 aliphatic rings. The average molecular weight is 273 g/mol. The van der Waals surface area contributed by atoms with Crippen LogP contribution in [0.1, 0.15) is 50.7 Å². The highest BCUT2D eigenvalue weighted by Crippen LogP contribution is 2.40. The molecule has 2 rings (SSSR count). The Kier molecular flexibility index (Phi) is 4.36. The van der Waals surface area contributed by atoms with Gasteiger partial charge in [-0.05, 0) is 36.8 Å². The summed E-state index contributed by atoms with van der Waals surface area (Å²) in [6.07, 6.45) is 5.02. The van der Waals surface area contributed by atoms with Crippen molar-refractivity contribution in [3.8, 4) is 0 Å². The number of anilines is 1. The monoisotopic (exact) mass is 273 g/mol. The summed E-state index contributed by atoms with van der Waals surface area (Å²) in [7, 11) is 0. The molecule has 0 spiro atoms. The number of hydrogen-bond acceptors (Lipinski definition) is 2. The fourth-order valence-electron chi connectivity index (χ4n) is 3.46. The van der Waals surface area contributed by atoms with Crippen LogP contribution in [0.2, 0.25) is 0 Å². The van der Waals surface area contributed by atoms with E-state index in [-0.39, 0.29) is 5.84 Å². The summed E-state index contributed by atoms with van der Waals surface area (Å²) in [5.41, 5.74) is 9.54. The van der Waals surface area contributed by atoms with E-state index >= 15 is 0 Å². The second kappa shape index (κ2) is 5.86. The molecule has 3 nitrogen and oxygen atoms in total. The van der Waals surface area contributed by atoms with Crippen LogP contribution in [0, 0.1) is 17.7 Å². The van der Waals surface area contributed by atoms with Gasteiger partial charge in [-0.3, -0.25) is 5.41 Å². The molecule has 1 fully saturated rings. The van der Waals surface area contributed by atoms with Crippen molar-refractivity contribution in [1.82, 2.24) is 0 Å². The van der Waals surface area contributed by atoms with Gasteiger partial charge in [-0.25, -0.2) is 0 Å². The van der Waals surface area contributed by atoms with Crippen LogP contribution in [0.15, 0.2) is 18.2 Å². The summed E-state index contributed by atoms with van der Waals surface area (Å²) in [6, 6.07) is 6.07. The molecule has 1 aromatic rings. The zero-order chi connectivity index (χ0) is 14.8. The lowest BCUT2D eigenvalue weighted by molar-refractivity contribution is 0.199. The minimum Gasteiger partial charge on any atom is -0.384 e. The third-order valence-electron chi connectivity index (χ3n) is 5.17. The number of aryl methyl sites for hydroxylation is 1. The molecular weight excluding hydrogens is 246 g/mol. The van der Waals surface area contributed by atoms with Crippen molar-refractivity contribution in [2.75, 3.05) is 18.0 Å². The van der Waals surface area contributed by atoms with Crippen LogP contribution in [0.5, 0.6) is 0 Å². The number of amidine groups is 1. The molecule has 0 amide bonds. The predicted molar refractivity (Wildman–Crippen MR) is 86.7 cm³/mol. The van der Waals surface area contributed by atoms with Crippen molar-refractivity contribution in [2.24, 2.45) is 11.1 Å². The van der Waals surface area contributed by atoms with Gasteiger partial charge in [-0.15, -0.1) is 0 Å². The van der Waals surface area contributed by atoms with Gasteiger partial charge in [-0.2, -0.15) is 0 Å². The average Bonchev–Trinajstić information content (AvgIpc) is 2.47. The fourth-order valence-corrected chi connectivity index (χ4v) is 3.46. The lowest BCUT2D eigenvalue weighted by Gasteiger charge is -2.43. The van der Waals surface area contributed by atoms with Crippen molar-refractivity contribution < 1.29 is 0 Å². The highest BCUT2D eigenvalue weighted by Gasteiger charge is 2.32. The molecule has 0 saturated carbocycles. The summed E-state index contributed by atoms with van der Waals surface area (Å²) in [5.74, 6) is 0.173. The Morgan fingerprint density at radius 2 is 1.85 bits per heavy atom. The molecule has 0 radical (unpaired) electrons. The quantitative estimate of drug-likeness (QED) is 0.649. The molecule has 0 bridgehead atoms. The second-order valence-corrected chi connectivity index (χ2v) is 6.08. The summed E-state index contributed by atoms with van der Waals surface area (Å²) in [4.78, 5) is 2.43. The molecule has 0 atom stereocenters. The predicted octanol–water partition coefficient (Wildman–Crippen LogP) is 3.69. The summed E-state index contributed by atoms with van der Waals surface area (Å²) < 4.78 is 0. The van der Waals surface area contributed by atoms with Gasteiger partial charge in [0.15, 0.2) is 0 Å². The Bertz CT molecular complexity index is 479. The number of nitrogens with zero attached hydrogens (tertiary/aromatic N) is 1. The van der Waals surface area contributed by atoms with Crippen LogP contribution in [-0.2, 0) is 0 Å². The Hall–Kier alpha value is -1.51. The van der Waals surface area contributed by atoms with Gasteiger partial charge >= 0.3 is 0 Å². The smallest absolute Gasteiger partial charge is 0.124 e. The van der Waals surface area contributed by atoms with Crippen LogP contribution >= 0.6 is 0 Å². The topological polar surface area (TPSA) is 53.1 Å². The Morgan fingerprint density at radius 1 is 1.25 bits per heavy atom. The van der Waals surface area contributed by atoms with E-state index in [1.807, 2.05) is 12.1 Å². The van der Waals surface area contributed by atoms with Gasteiger partial charge in [0.2, 0.25) is 0 Å². The van der Waals surface area contributed by atoms with E-state index in [0.717, 1.165) is 18.7 Å². The SMILES string of the molecule is CCC1(CC)CCN(c2c(C)cccc2C(=N)N)CC1. The van der Waals surface area contributed by atoms with Crippen LogP contribution in [0.25, 0.3) is 0 Å². The third kappa shape index (κ3) is 2.67. The van der Waals surface area contributed by atoms with Crippen LogP contribution in [0.4, 0.5) is 5.69 Å². The van der Waals surface area contributed by atoms with E-state index in [1.165, 1.54) is 36.9 Å².